The van der Waals surface area contributed by atoms with Gasteiger partial charge in [-0.3, -0.25) is 37.3 Å². The van der Waals surface area contributed by atoms with Gasteiger partial charge in [-0.2, -0.15) is 0 Å². The Bertz CT molecular complexity index is 1820. The molecule has 19 heteroatoms. The number of aliphatic hydroxyl groups is 1. The molecular formula is C75H146O17P2. The topological polar surface area (TPSA) is 237 Å². The lowest BCUT2D eigenvalue weighted by molar-refractivity contribution is -0.161. The first kappa shape index (κ1) is 92.1. The molecule has 0 aromatic carbocycles. The fourth-order valence-corrected chi connectivity index (χ4v) is 13.1. The van der Waals surface area contributed by atoms with Crippen molar-refractivity contribution in [3.05, 3.63) is 0 Å². The average molecular weight is 1380 g/mol. The first-order valence-electron chi connectivity index (χ1n) is 39.0. The second-order valence-corrected chi connectivity index (χ2v) is 30.9. The molecule has 0 saturated heterocycles. The van der Waals surface area contributed by atoms with Gasteiger partial charge in [0.15, 0.2) is 12.2 Å². The van der Waals surface area contributed by atoms with Crippen molar-refractivity contribution in [2.24, 2.45) is 11.8 Å². The van der Waals surface area contributed by atoms with Crippen molar-refractivity contribution in [3.63, 3.8) is 0 Å². The highest BCUT2D eigenvalue weighted by Crippen LogP contribution is 2.45. The van der Waals surface area contributed by atoms with Crippen LogP contribution in [0.2, 0.25) is 0 Å². The SMILES string of the molecule is CCCCCCCCCCCCCCC(=O)O[C@H](COC(=O)CCCCCCCCC)COP(=O)(O)OC[C@H](O)COP(=O)(O)OC[C@@H](COC(=O)CCCCCCCCCCCCCC(C)C)OC(=O)CCCCCCCCCCCCCCCCCCCCC(C)C. The monoisotopic (exact) mass is 1380 g/mol. The maximum atomic E-state index is 13.1. The van der Waals surface area contributed by atoms with Crippen molar-refractivity contribution in [1.29, 1.82) is 0 Å². The maximum Gasteiger partial charge on any atom is 0.472 e. The van der Waals surface area contributed by atoms with E-state index >= 15 is 0 Å². The van der Waals surface area contributed by atoms with Gasteiger partial charge in [0, 0.05) is 25.7 Å². The molecule has 0 bridgehead atoms. The molecule has 0 aliphatic heterocycles. The first-order chi connectivity index (χ1) is 45.4. The molecule has 0 heterocycles. The van der Waals surface area contributed by atoms with Gasteiger partial charge in [0.05, 0.1) is 26.4 Å². The van der Waals surface area contributed by atoms with Crippen molar-refractivity contribution >= 4 is 39.5 Å². The van der Waals surface area contributed by atoms with Gasteiger partial charge >= 0.3 is 39.5 Å². The Hall–Kier alpha value is -1.94. The van der Waals surface area contributed by atoms with Crippen molar-refractivity contribution in [3.8, 4) is 0 Å². The number of hydrogen-bond acceptors (Lipinski definition) is 15. The molecule has 0 saturated carbocycles. The summed E-state index contributed by atoms with van der Waals surface area (Å²) in [6, 6.07) is 0. The molecular weight excluding hydrogens is 1230 g/mol. The molecule has 17 nitrogen and oxygen atoms in total. The van der Waals surface area contributed by atoms with E-state index in [1.807, 2.05) is 0 Å². The lowest BCUT2D eigenvalue weighted by Gasteiger charge is -2.21. The third-order valence-corrected chi connectivity index (χ3v) is 19.4. The van der Waals surface area contributed by atoms with Gasteiger partial charge in [-0.15, -0.1) is 0 Å². The van der Waals surface area contributed by atoms with E-state index < -0.39 is 97.5 Å². The minimum Gasteiger partial charge on any atom is -0.462 e. The van der Waals surface area contributed by atoms with E-state index in [0.29, 0.717) is 25.7 Å². The molecule has 5 atom stereocenters. The normalized spacial score (nSPS) is 14.0. The zero-order valence-electron chi connectivity index (χ0n) is 61.3. The van der Waals surface area contributed by atoms with Gasteiger partial charge in [-0.05, 0) is 37.5 Å². The Morgan fingerprint density at radius 1 is 0.287 bits per heavy atom. The van der Waals surface area contributed by atoms with Crippen LogP contribution in [0, 0.1) is 11.8 Å². The van der Waals surface area contributed by atoms with Crippen LogP contribution in [0.15, 0.2) is 0 Å². The molecule has 2 unspecified atom stereocenters. The predicted molar refractivity (Wildman–Crippen MR) is 381 cm³/mol. The number of aliphatic hydroxyl groups excluding tert-OH is 1. The third kappa shape index (κ3) is 68.6. The molecule has 0 radical (unpaired) electrons. The van der Waals surface area contributed by atoms with Gasteiger partial charge in [-0.25, -0.2) is 9.13 Å². The van der Waals surface area contributed by atoms with E-state index in [0.717, 1.165) is 115 Å². The lowest BCUT2D eigenvalue weighted by atomic mass is 10.0. The van der Waals surface area contributed by atoms with E-state index in [-0.39, 0.29) is 25.7 Å². The molecule has 0 aromatic rings. The highest BCUT2D eigenvalue weighted by atomic mass is 31.2. The van der Waals surface area contributed by atoms with Crippen LogP contribution in [-0.4, -0.2) is 96.7 Å². The standard InChI is InChI=1S/C75H146O17P2/c1-7-9-11-13-15-16-17-29-35-41-47-53-59-74(79)91-70(63-85-72(77)57-51-45-37-14-12-10-8-2)65-89-93(81,82)87-61-69(76)62-88-94(83,84)90-66-71(64-86-73(78)58-52-46-40-34-31-26-28-33-39-44-50-56-68(5)6)92-75(80)60-54-48-42-36-30-25-23-21-19-18-20-22-24-27-32-38-43-49-55-67(3)4/h67-71,76H,7-66H2,1-6H3,(H,81,82)(H,83,84)/t69-,70+,71+/m0/s1. The van der Waals surface area contributed by atoms with Crippen LogP contribution in [0.25, 0.3) is 0 Å². The molecule has 0 aromatic heterocycles. The largest absolute Gasteiger partial charge is 0.472 e. The zero-order valence-corrected chi connectivity index (χ0v) is 63.1. The van der Waals surface area contributed by atoms with Gasteiger partial charge < -0.3 is 33.8 Å². The molecule has 0 amide bonds. The van der Waals surface area contributed by atoms with Crippen LogP contribution in [-0.2, 0) is 65.4 Å². The average Bonchev–Trinajstić information content (AvgIpc) is 1.54. The predicted octanol–water partition coefficient (Wildman–Crippen LogP) is 21.9. The second kappa shape index (κ2) is 66.9. The Balaban J connectivity index is 5.16. The highest BCUT2D eigenvalue weighted by molar-refractivity contribution is 7.47. The molecule has 0 spiro atoms. The fourth-order valence-electron chi connectivity index (χ4n) is 11.5. The Labute approximate surface area is 575 Å². The van der Waals surface area contributed by atoms with Crippen LogP contribution in [0.4, 0.5) is 0 Å². The molecule has 0 aliphatic rings. The van der Waals surface area contributed by atoms with E-state index in [4.69, 9.17) is 37.0 Å². The molecule has 0 rings (SSSR count). The summed E-state index contributed by atoms with van der Waals surface area (Å²) in [4.78, 5) is 72.6. The van der Waals surface area contributed by atoms with Gasteiger partial charge in [0.1, 0.15) is 19.3 Å². The van der Waals surface area contributed by atoms with E-state index in [9.17, 15) is 43.2 Å². The summed E-state index contributed by atoms with van der Waals surface area (Å²) < 4.78 is 68.4. The second-order valence-electron chi connectivity index (χ2n) is 28.0. The Morgan fingerprint density at radius 3 is 0.723 bits per heavy atom. The van der Waals surface area contributed by atoms with Gasteiger partial charge in [0.2, 0.25) is 0 Å². The van der Waals surface area contributed by atoms with Crippen molar-refractivity contribution in [2.45, 2.75) is 407 Å². The van der Waals surface area contributed by atoms with E-state index in [2.05, 4.69) is 41.5 Å². The van der Waals surface area contributed by atoms with Gasteiger partial charge in [0.25, 0.3) is 0 Å². The molecule has 0 aliphatic carbocycles. The number of unbranched alkanes of at least 4 members (excludes halogenated alkanes) is 44. The number of phosphoric acid groups is 2. The summed E-state index contributed by atoms with van der Waals surface area (Å²) in [7, 11) is -9.90. The zero-order chi connectivity index (χ0) is 69.3. The molecule has 558 valence electrons. The summed E-state index contributed by atoms with van der Waals surface area (Å²) in [5, 5.41) is 10.6. The van der Waals surface area contributed by atoms with Crippen LogP contribution >= 0.6 is 15.6 Å². The van der Waals surface area contributed by atoms with Crippen molar-refractivity contribution in [1.82, 2.24) is 0 Å². The van der Waals surface area contributed by atoms with Gasteiger partial charge in [-0.1, -0.05) is 337 Å². The number of hydrogen-bond donors (Lipinski definition) is 3. The van der Waals surface area contributed by atoms with Crippen LogP contribution in [0.3, 0.4) is 0 Å². The fraction of sp³-hybridized carbons (Fsp3) is 0.947. The summed E-state index contributed by atoms with van der Waals surface area (Å²) in [6.45, 7) is 9.59. The van der Waals surface area contributed by atoms with Crippen LogP contribution < -0.4 is 0 Å². The number of carbonyl (C=O) groups excluding carboxylic acids is 4. The third-order valence-electron chi connectivity index (χ3n) is 17.5. The summed E-state index contributed by atoms with van der Waals surface area (Å²) in [5.41, 5.74) is 0. The molecule has 94 heavy (non-hydrogen) atoms. The maximum absolute atomic E-state index is 13.1. The Kier molecular flexibility index (Phi) is 65.5. The lowest BCUT2D eigenvalue weighted by Crippen LogP contribution is -2.30. The van der Waals surface area contributed by atoms with Crippen molar-refractivity contribution in [2.75, 3.05) is 39.6 Å². The summed E-state index contributed by atoms with van der Waals surface area (Å²) in [6.07, 6.45) is 54.3. The highest BCUT2D eigenvalue weighted by Gasteiger charge is 2.30. The minimum absolute atomic E-state index is 0.107. The summed E-state index contributed by atoms with van der Waals surface area (Å²) in [5.74, 6) is -0.530. The molecule has 3 N–H and O–H groups in total. The first-order valence-corrected chi connectivity index (χ1v) is 42.0. The van der Waals surface area contributed by atoms with E-state index in [1.165, 1.54) is 193 Å². The number of rotatable bonds is 74. The minimum atomic E-state index is -4.96. The van der Waals surface area contributed by atoms with Crippen LogP contribution in [0.5, 0.6) is 0 Å². The smallest absolute Gasteiger partial charge is 0.462 e. The number of carbonyl (C=O) groups is 4. The number of ether oxygens (including phenoxy) is 4. The number of esters is 4. The van der Waals surface area contributed by atoms with Crippen LogP contribution in [0.1, 0.15) is 388 Å². The van der Waals surface area contributed by atoms with Crippen molar-refractivity contribution < 1.29 is 80.2 Å². The molecule has 0 fully saturated rings. The quantitative estimate of drug-likeness (QED) is 0.0222. The van der Waals surface area contributed by atoms with E-state index in [1.54, 1.807) is 0 Å². The number of phosphoric ester groups is 2. The summed E-state index contributed by atoms with van der Waals surface area (Å²) >= 11 is 0. The Morgan fingerprint density at radius 2 is 0.489 bits per heavy atom.